The first-order chi connectivity index (χ1) is 11.2. The first-order valence-electron chi connectivity index (χ1n) is 6.83. The molecule has 2 aromatic heterocycles. The van der Waals surface area contributed by atoms with Gasteiger partial charge in [0.2, 0.25) is 5.91 Å². The van der Waals surface area contributed by atoms with Gasteiger partial charge in [-0.15, -0.1) is 23.1 Å². The average molecular weight is 365 g/mol. The van der Waals surface area contributed by atoms with Crippen LogP contribution in [0.25, 0.3) is 10.8 Å². The number of rotatable bonds is 6. The molecule has 0 saturated heterocycles. The Morgan fingerprint density at radius 1 is 1.30 bits per heavy atom. The van der Waals surface area contributed by atoms with Crippen molar-refractivity contribution in [3.05, 3.63) is 58.8 Å². The van der Waals surface area contributed by atoms with Crippen molar-refractivity contribution in [3.63, 3.8) is 0 Å². The summed E-state index contributed by atoms with van der Waals surface area (Å²) in [5.41, 5.74) is 1.57. The minimum Gasteiger partial charge on any atom is -0.462 e. The van der Waals surface area contributed by atoms with Gasteiger partial charge in [-0.3, -0.25) is 4.79 Å². The van der Waals surface area contributed by atoms with Crippen LogP contribution in [-0.4, -0.2) is 16.6 Å². The second kappa shape index (κ2) is 7.68. The zero-order valence-electron chi connectivity index (χ0n) is 12.0. The van der Waals surface area contributed by atoms with E-state index in [1.807, 2.05) is 29.6 Å². The first kappa shape index (κ1) is 16.1. The Kier molecular flexibility index (Phi) is 5.38. The Hall–Kier alpha value is -1.76. The molecule has 0 bridgehead atoms. The van der Waals surface area contributed by atoms with E-state index in [2.05, 4.69) is 10.3 Å². The predicted octanol–water partition coefficient (Wildman–Crippen LogP) is 4.93. The van der Waals surface area contributed by atoms with Gasteiger partial charge in [0.25, 0.3) is 0 Å². The summed E-state index contributed by atoms with van der Waals surface area (Å²) < 4.78 is 5.32. The standard InChI is InChI=1S/C16H13ClN2O2S2/c17-12-4-1-2-5-13(12)19-15(20)10-22-8-11-9-23-16(18-11)14-6-3-7-21-14/h1-7,9H,8,10H2,(H,19,20). The van der Waals surface area contributed by atoms with E-state index in [9.17, 15) is 4.79 Å². The van der Waals surface area contributed by atoms with Crippen molar-refractivity contribution < 1.29 is 9.21 Å². The van der Waals surface area contributed by atoms with Crippen LogP contribution >= 0.6 is 34.7 Å². The Morgan fingerprint density at radius 3 is 2.96 bits per heavy atom. The number of para-hydroxylation sites is 1. The maximum absolute atomic E-state index is 11.9. The van der Waals surface area contributed by atoms with Crippen LogP contribution in [0.4, 0.5) is 5.69 Å². The number of halogens is 1. The van der Waals surface area contributed by atoms with E-state index < -0.39 is 0 Å². The highest BCUT2D eigenvalue weighted by molar-refractivity contribution is 7.99. The highest BCUT2D eigenvalue weighted by atomic mass is 35.5. The van der Waals surface area contributed by atoms with Gasteiger partial charge in [0.15, 0.2) is 10.8 Å². The van der Waals surface area contributed by atoms with E-state index in [0.29, 0.717) is 22.2 Å². The van der Waals surface area contributed by atoms with Gasteiger partial charge in [0, 0.05) is 11.1 Å². The predicted molar refractivity (Wildman–Crippen MR) is 96.1 cm³/mol. The highest BCUT2D eigenvalue weighted by Gasteiger charge is 2.09. The van der Waals surface area contributed by atoms with Gasteiger partial charge in [-0.25, -0.2) is 4.98 Å². The molecule has 1 amide bonds. The van der Waals surface area contributed by atoms with Crippen LogP contribution in [0.1, 0.15) is 5.69 Å². The summed E-state index contributed by atoms with van der Waals surface area (Å²) in [5, 5.41) is 6.17. The molecule has 0 aliphatic rings. The van der Waals surface area contributed by atoms with Crippen molar-refractivity contribution in [1.29, 1.82) is 0 Å². The Morgan fingerprint density at radius 2 is 2.17 bits per heavy atom. The minimum atomic E-state index is -0.0791. The van der Waals surface area contributed by atoms with Crippen LogP contribution in [0.15, 0.2) is 52.5 Å². The van der Waals surface area contributed by atoms with Crippen molar-refractivity contribution in [2.75, 3.05) is 11.1 Å². The molecule has 1 N–H and O–H groups in total. The van der Waals surface area contributed by atoms with Crippen LogP contribution in [0.3, 0.4) is 0 Å². The van der Waals surface area contributed by atoms with Gasteiger partial charge in [-0.05, 0) is 24.3 Å². The molecule has 7 heteroatoms. The van der Waals surface area contributed by atoms with Crippen LogP contribution in [0.2, 0.25) is 5.02 Å². The zero-order chi connectivity index (χ0) is 16.1. The van der Waals surface area contributed by atoms with E-state index in [1.54, 1.807) is 18.4 Å². The lowest BCUT2D eigenvalue weighted by Crippen LogP contribution is -2.14. The molecular weight excluding hydrogens is 352 g/mol. The molecule has 0 aliphatic heterocycles. The number of nitrogens with one attached hydrogen (secondary N) is 1. The summed E-state index contributed by atoms with van der Waals surface area (Å²) in [6.45, 7) is 0. The highest BCUT2D eigenvalue weighted by Crippen LogP contribution is 2.26. The van der Waals surface area contributed by atoms with E-state index in [4.69, 9.17) is 16.0 Å². The molecular formula is C16H13ClN2O2S2. The summed E-state index contributed by atoms with van der Waals surface area (Å²) in [5.74, 6) is 1.71. The number of hydrogen-bond donors (Lipinski definition) is 1. The van der Waals surface area contributed by atoms with Crippen molar-refractivity contribution >= 4 is 46.3 Å². The lowest BCUT2D eigenvalue weighted by molar-refractivity contribution is -0.113. The molecule has 4 nitrogen and oxygen atoms in total. The molecule has 0 spiro atoms. The summed E-state index contributed by atoms with van der Waals surface area (Å²) in [6.07, 6.45) is 1.63. The van der Waals surface area contributed by atoms with E-state index in [1.165, 1.54) is 23.1 Å². The van der Waals surface area contributed by atoms with Crippen LogP contribution in [-0.2, 0) is 10.5 Å². The second-order valence-electron chi connectivity index (χ2n) is 4.64. The van der Waals surface area contributed by atoms with Crippen LogP contribution in [0, 0.1) is 0 Å². The largest absolute Gasteiger partial charge is 0.462 e. The molecule has 3 rings (SSSR count). The fraction of sp³-hybridized carbons (Fsp3) is 0.125. The minimum absolute atomic E-state index is 0.0791. The first-order valence-corrected chi connectivity index (χ1v) is 9.24. The number of thioether (sulfide) groups is 1. The van der Waals surface area contributed by atoms with Gasteiger partial charge in [-0.2, -0.15) is 0 Å². The number of aromatic nitrogens is 1. The van der Waals surface area contributed by atoms with Crippen molar-refractivity contribution in [2.24, 2.45) is 0 Å². The Labute approximate surface area is 146 Å². The number of hydrogen-bond acceptors (Lipinski definition) is 5. The lowest BCUT2D eigenvalue weighted by Gasteiger charge is -2.06. The molecule has 0 aliphatic carbocycles. The molecule has 3 aromatic rings. The summed E-state index contributed by atoms with van der Waals surface area (Å²) in [6, 6.07) is 10.9. The number of carbonyl (C=O) groups is 1. The smallest absolute Gasteiger partial charge is 0.234 e. The topological polar surface area (TPSA) is 55.1 Å². The van der Waals surface area contributed by atoms with Crippen molar-refractivity contribution in [3.8, 4) is 10.8 Å². The fourth-order valence-corrected chi connectivity index (χ4v) is 3.67. The van der Waals surface area contributed by atoms with Gasteiger partial charge in [-0.1, -0.05) is 23.7 Å². The van der Waals surface area contributed by atoms with Gasteiger partial charge in [0.05, 0.1) is 28.4 Å². The summed E-state index contributed by atoms with van der Waals surface area (Å²) in [7, 11) is 0. The molecule has 0 atom stereocenters. The zero-order valence-corrected chi connectivity index (χ0v) is 14.4. The number of benzene rings is 1. The number of carbonyl (C=O) groups excluding carboxylic acids is 1. The van der Waals surface area contributed by atoms with Crippen molar-refractivity contribution in [2.45, 2.75) is 5.75 Å². The van der Waals surface area contributed by atoms with E-state index in [0.717, 1.165) is 16.5 Å². The molecule has 0 radical (unpaired) electrons. The Bertz CT molecular complexity index is 787. The van der Waals surface area contributed by atoms with Crippen LogP contribution in [0.5, 0.6) is 0 Å². The normalized spacial score (nSPS) is 10.7. The molecule has 0 unspecified atom stereocenters. The maximum atomic E-state index is 11.9. The molecule has 0 saturated carbocycles. The molecule has 118 valence electrons. The van der Waals surface area contributed by atoms with Crippen LogP contribution < -0.4 is 5.32 Å². The summed E-state index contributed by atoms with van der Waals surface area (Å²) in [4.78, 5) is 16.4. The van der Waals surface area contributed by atoms with E-state index >= 15 is 0 Å². The number of thiazole rings is 1. The fourth-order valence-electron chi connectivity index (χ4n) is 1.88. The lowest BCUT2D eigenvalue weighted by atomic mass is 10.3. The third kappa shape index (κ3) is 4.37. The summed E-state index contributed by atoms with van der Waals surface area (Å²) >= 11 is 9.05. The third-order valence-electron chi connectivity index (χ3n) is 2.91. The Balaban J connectivity index is 1.48. The molecule has 23 heavy (non-hydrogen) atoms. The monoisotopic (exact) mass is 364 g/mol. The molecule has 2 heterocycles. The number of furan rings is 1. The quantitative estimate of drug-likeness (QED) is 0.673. The third-order valence-corrected chi connectivity index (χ3v) is 5.12. The average Bonchev–Trinajstić information content (AvgIpc) is 3.20. The van der Waals surface area contributed by atoms with Gasteiger partial charge < -0.3 is 9.73 Å². The number of amides is 1. The van der Waals surface area contributed by atoms with Gasteiger partial charge >= 0.3 is 0 Å². The molecule has 0 fully saturated rings. The molecule has 1 aromatic carbocycles. The maximum Gasteiger partial charge on any atom is 0.234 e. The second-order valence-corrected chi connectivity index (χ2v) is 6.89. The SMILES string of the molecule is O=C(CSCc1csc(-c2ccco2)n1)Nc1ccccc1Cl. The number of nitrogens with zero attached hydrogens (tertiary/aromatic N) is 1. The van der Waals surface area contributed by atoms with Crippen molar-refractivity contribution in [1.82, 2.24) is 4.98 Å². The van der Waals surface area contributed by atoms with E-state index in [-0.39, 0.29) is 5.91 Å². The van der Waals surface area contributed by atoms with Gasteiger partial charge in [0.1, 0.15) is 0 Å². The number of anilines is 1.